The molecule has 2 saturated heterocycles. The Kier molecular flexibility index (Phi) is 11.7. The lowest BCUT2D eigenvalue weighted by atomic mass is 9.81. The van der Waals surface area contributed by atoms with E-state index in [2.05, 4.69) is 14.5 Å². The highest BCUT2D eigenvalue weighted by molar-refractivity contribution is 7.43. The Bertz CT molecular complexity index is 1110. The van der Waals surface area contributed by atoms with Crippen LogP contribution in [0.1, 0.15) is 6.92 Å². The number of ether oxygens (including phenoxy) is 4. The van der Waals surface area contributed by atoms with Crippen molar-refractivity contribution in [1.82, 2.24) is 0 Å². The number of quaternary nitrogens is 1. The molecule has 15 atom stereocenters. The van der Waals surface area contributed by atoms with Gasteiger partial charge in [0.2, 0.25) is 6.29 Å². The third-order valence-electron chi connectivity index (χ3n) is 7.80. The van der Waals surface area contributed by atoms with Gasteiger partial charge >= 0.3 is 11.9 Å². The summed E-state index contributed by atoms with van der Waals surface area (Å²) in [6, 6.07) is -4.31. The molecule has 2 heterocycles. The van der Waals surface area contributed by atoms with Crippen LogP contribution in [-0.4, -0.2) is 154 Å². The maximum Gasteiger partial charge on any atom is 0.339 e. The van der Waals surface area contributed by atoms with Crippen molar-refractivity contribution < 1.29 is 88.6 Å². The van der Waals surface area contributed by atoms with Crippen molar-refractivity contribution in [2.24, 2.45) is 22.9 Å². The van der Waals surface area contributed by atoms with E-state index in [9.17, 15) is 49.8 Å². The van der Waals surface area contributed by atoms with Gasteiger partial charge in [0.1, 0.15) is 60.9 Å². The Labute approximate surface area is 249 Å². The van der Waals surface area contributed by atoms with E-state index in [1.165, 1.54) is 19.3 Å². The number of aldehydes is 1. The monoisotopic (exact) mass is 662 g/mol. The van der Waals surface area contributed by atoms with Gasteiger partial charge in [0.25, 0.3) is 0 Å². The molecule has 1 saturated carbocycles. The number of guanidine groups is 2. The van der Waals surface area contributed by atoms with Crippen molar-refractivity contribution in [3.8, 4) is 0 Å². The molecule has 254 valence electrons. The Morgan fingerprint density at radius 2 is 1.52 bits per heavy atom. The maximum absolute atomic E-state index is 12.2. The second kappa shape index (κ2) is 14.1. The number of nitrogens with one attached hydrogen (secondary N) is 2. The minimum atomic E-state index is -5.85. The fraction of sp³-hybridized carbons (Fsp3) is 0.857. The summed E-state index contributed by atoms with van der Waals surface area (Å²) in [6.45, 7) is 0.518. The van der Waals surface area contributed by atoms with E-state index in [0.29, 0.717) is 0 Å². The van der Waals surface area contributed by atoms with Gasteiger partial charge in [-0.2, -0.15) is 0 Å². The molecule has 3 fully saturated rings. The van der Waals surface area contributed by atoms with E-state index in [0.717, 1.165) is 0 Å². The first kappa shape index (κ1) is 36.3. The first-order valence-electron chi connectivity index (χ1n) is 13.3. The minimum absolute atomic E-state index is 0.0817. The summed E-state index contributed by atoms with van der Waals surface area (Å²) in [5, 5.41) is 65.5. The van der Waals surface area contributed by atoms with E-state index in [1.54, 1.807) is 0 Å². The predicted molar refractivity (Wildman–Crippen MR) is 135 cm³/mol. The van der Waals surface area contributed by atoms with Crippen molar-refractivity contribution in [3.63, 3.8) is 0 Å². The first-order valence-corrected chi connectivity index (χ1v) is 14.8. The van der Waals surface area contributed by atoms with Gasteiger partial charge in [-0.15, -0.1) is 0 Å². The number of aliphatic hydroxyl groups excluding tert-OH is 5. The average molecular weight is 663 g/mol. The normalized spacial score (nSPS) is 44.6. The summed E-state index contributed by atoms with van der Waals surface area (Å²) in [4.78, 5) is 40.0. The van der Waals surface area contributed by atoms with Crippen LogP contribution in [0.15, 0.2) is 0 Å². The molecule has 2 aliphatic heterocycles. The van der Waals surface area contributed by atoms with E-state index >= 15 is 0 Å². The van der Waals surface area contributed by atoms with E-state index in [4.69, 9.17) is 41.9 Å². The van der Waals surface area contributed by atoms with Crippen molar-refractivity contribution in [3.05, 3.63) is 0 Å². The smallest absolute Gasteiger partial charge is 0.339 e. The molecule has 0 unspecified atom stereocenters. The van der Waals surface area contributed by atoms with Crippen LogP contribution in [0.5, 0.6) is 0 Å². The highest BCUT2D eigenvalue weighted by atomic mass is 31.2. The first-order chi connectivity index (χ1) is 20.4. The number of phosphoric acid groups is 1. The molecule has 3 aliphatic rings. The number of phosphoric ester groups is 1. The molecule has 22 nitrogen and oxygen atoms in total. The number of hydrogen-bond donors (Lipinski definition) is 13. The molecular weight excluding hydrogens is 621 g/mol. The minimum Gasteiger partial charge on any atom is -0.790 e. The highest BCUT2D eigenvalue weighted by Gasteiger charge is 2.62. The zero-order valence-corrected chi connectivity index (χ0v) is 24.5. The number of aliphatic hydroxyl groups is 6. The molecular formula is C21H41N7O15P+. The number of nitrogens with two attached hydrogens (primary N) is 5. The molecule has 0 amide bonds. The van der Waals surface area contributed by atoms with Gasteiger partial charge in [-0.3, -0.25) is 37.7 Å². The van der Waals surface area contributed by atoms with Crippen LogP contribution in [0.25, 0.3) is 0 Å². The van der Waals surface area contributed by atoms with Crippen molar-refractivity contribution in [2.45, 2.75) is 98.2 Å². The van der Waals surface area contributed by atoms with E-state index in [1.807, 2.05) is 0 Å². The third kappa shape index (κ3) is 7.46. The van der Waals surface area contributed by atoms with Crippen LogP contribution in [0.4, 0.5) is 0 Å². The predicted octanol–water partition coefficient (Wildman–Crippen LogP) is -14.2. The van der Waals surface area contributed by atoms with Crippen LogP contribution in [0.3, 0.4) is 0 Å². The highest BCUT2D eigenvalue weighted by Crippen LogP contribution is 2.39. The molecule has 44 heavy (non-hydrogen) atoms. The van der Waals surface area contributed by atoms with Crippen molar-refractivity contribution in [1.29, 1.82) is 0 Å². The summed E-state index contributed by atoms with van der Waals surface area (Å²) >= 11 is 0. The van der Waals surface area contributed by atoms with Crippen LogP contribution in [-0.2, 0) is 32.8 Å². The van der Waals surface area contributed by atoms with Gasteiger partial charge < -0.3 is 73.8 Å². The quantitative estimate of drug-likeness (QED) is 0.0422. The molecule has 1 aliphatic carbocycles. The van der Waals surface area contributed by atoms with Gasteiger partial charge in [0, 0.05) is 0 Å². The topological polar surface area (TPSA) is 396 Å². The number of hydrogen-bond acceptors (Lipinski definition) is 15. The number of rotatable bonds is 11. The lowest BCUT2D eigenvalue weighted by Gasteiger charge is -2.47. The molecule has 0 aromatic rings. The van der Waals surface area contributed by atoms with Crippen LogP contribution in [0.2, 0.25) is 0 Å². The summed E-state index contributed by atoms with van der Waals surface area (Å²) in [5.74, 6) is -1.08. The second-order valence-electron chi connectivity index (χ2n) is 10.7. The molecule has 23 heteroatoms. The Morgan fingerprint density at radius 1 is 0.955 bits per heavy atom. The fourth-order valence-corrected chi connectivity index (χ4v) is 6.09. The summed E-state index contributed by atoms with van der Waals surface area (Å²) in [6.07, 6.45) is -18.8. The van der Waals surface area contributed by atoms with Gasteiger partial charge in [-0.05, 0) is 6.92 Å². The maximum atomic E-state index is 12.2. The van der Waals surface area contributed by atoms with Crippen molar-refractivity contribution in [2.75, 3.05) is 13.7 Å². The molecule has 0 bridgehead atoms. The Balaban J connectivity index is 2.04. The van der Waals surface area contributed by atoms with Gasteiger partial charge in [0.05, 0.1) is 27.6 Å². The zero-order valence-electron chi connectivity index (χ0n) is 23.6. The molecule has 3 rings (SSSR count). The molecule has 0 aromatic heterocycles. The van der Waals surface area contributed by atoms with Gasteiger partial charge in [-0.1, -0.05) is 0 Å². The van der Waals surface area contributed by atoms with E-state index in [-0.39, 0.29) is 6.29 Å². The SMILES string of the molecule is C[NH2+][C@@H]1[C@H](O[C@H]2[C@H](O[C@H]3[C@H](O)[C@@H](OP(=O)([O-])[O-])[C@H]([NH+]=C(N)N)[C@@H](O)[C@@H]3[NH+]=C(N)N)O[C@@H](C)[C@]2(O)C=O)O[C@@H](CO)[C@H](O)[C@H]1O. The van der Waals surface area contributed by atoms with E-state index < -0.39 is 118 Å². The third-order valence-corrected chi connectivity index (χ3v) is 8.30. The number of carbonyl (C=O) groups excluding carboxylic acids is 1. The largest absolute Gasteiger partial charge is 0.790 e. The fourth-order valence-electron chi connectivity index (χ4n) is 5.54. The molecule has 0 spiro atoms. The van der Waals surface area contributed by atoms with Crippen molar-refractivity contribution >= 4 is 26.0 Å². The Morgan fingerprint density at radius 3 is 2.00 bits per heavy atom. The lowest BCUT2D eigenvalue weighted by molar-refractivity contribution is -0.696. The summed E-state index contributed by atoms with van der Waals surface area (Å²) in [7, 11) is -4.35. The van der Waals surface area contributed by atoms with Crippen LogP contribution < -0.4 is 48.0 Å². The zero-order chi connectivity index (χ0) is 33.3. The second-order valence-corrected chi connectivity index (χ2v) is 11.8. The summed E-state index contributed by atoms with van der Waals surface area (Å²) < 4.78 is 39.1. The summed E-state index contributed by atoms with van der Waals surface area (Å²) in [5.41, 5.74) is 19.5. The standard InChI is InChI=1S/C21H40N7O15P/c1-5-21(35,4-30)16(42-17-9(26-2)12(33)10(31)6(3-29)40-17)18(39-5)41-14-7(27-19(22)23)11(32)8(28-20(24)25)15(13(14)34)43-44(36,37)38/h4-18,26,29,31-35H,3H2,1-2H3,(H4,22,23,27)(H4,24,25,28)(H2,36,37,38)/p+1/t5-,6-,7-,8+,9-,10-,11-,12-,13-,14+,15-,16-,17-,18-,21+/m0/s1. The molecule has 0 radical (unpaired) electrons. The lowest BCUT2D eigenvalue weighted by Crippen LogP contribution is -3.00. The molecule has 18 N–H and O–H groups in total. The van der Waals surface area contributed by atoms with Gasteiger partial charge in [-0.25, -0.2) is 0 Å². The number of carbonyl (C=O) groups is 1. The van der Waals surface area contributed by atoms with Crippen LogP contribution in [0, 0.1) is 0 Å². The van der Waals surface area contributed by atoms with Crippen LogP contribution >= 0.6 is 7.82 Å². The molecule has 0 aromatic carbocycles. The van der Waals surface area contributed by atoms with Gasteiger partial charge in [0.15, 0.2) is 24.2 Å². The Hall–Kier alpha value is -2.12. The average Bonchev–Trinajstić information content (AvgIpc) is 3.16. The number of likely N-dealkylation sites (N-methyl/N-ethyl adjacent to an activating group) is 1.